The van der Waals surface area contributed by atoms with Crippen LogP contribution >= 0.6 is 0 Å². The van der Waals surface area contributed by atoms with Gasteiger partial charge in [0.05, 0.1) is 7.11 Å². The summed E-state index contributed by atoms with van der Waals surface area (Å²) < 4.78 is 4.63. The smallest absolute Gasteiger partial charge is 0.328 e. The zero-order valence-corrected chi connectivity index (χ0v) is 13.1. The van der Waals surface area contributed by atoms with E-state index in [9.17, 15) is 14.4 Å². The van der Waals surface area contributed by atoms with Gasteiger partial charge in [0.2, 0.25) is 0 Å². The van der Waals surface area contributed by atoms with Gasteiger partial charge in [-0.15, -0.1) is 0 Å². The SMILES string of the molecule is CCCCC(NC(=O)NC(CC(C)C)C(=O)OC)C(=O)O. The number of unbranched alkanes of at least 4 members (excludes halogenated alkanes) is 1. The highest BCUT2D eigenvalue weighted by Gasteiger charge is 2.25. The number of ether oxygens (including phenoxy) is 1. The van der Waals surface area contributed by atoms with E-state index in [4.69, 9.17) is 5.11 Å². The topological polar surface area (TPSA) is 105 Å². The quantitative estimate of drug-likeness (QED) is 0.560. The van der Waals surface area contributed by atoms with E-state index in [0.29, 0.717) is 19.3 Å². The van der Waals surface area contributed by atoms with Gasteiger partial charge in [-0.2, -0.15) is 0 Å². The molecular formula is C14H26N2O5. The molecule has 0 aromatic carbocycles. The lowest BCUT2D eigenvalue weighted by atomic mass is 10.0. The van der Waals surface area contributed by atoms with Crippen LogP contribution in [0.1, 0.15) is 46.5 Å². The summed E-state index contributed by atoms with van der Waals surface area (Å²) in [5, 5.41) is 13.9. The third kappa shape index (κ3) is 8.16. The summed E-state index contributed by atoms with van der Waals surface area (Å²) in [6.07, 6.45) is 2.31. The van der Waals surface area contributed by atoms with E-state index < -0.39 is 30.1 Å². The molecule has 7 heteroatoms. The van der Waals surface area contributed by atoms with E-state index in [1.54, 1.807) is 0 Å². The molecule has 7 nitrogen and oxygen atoms in total. The second-order valence-corrected chi connectivity index (χ2v) is 5.36. The van der Waals surface area contributed by atoms with Crippen molar-refractivity contribution in [3.63, 3.8) is 0 Å². The van der Waals surface area contributed by atoms with Crippen LogP contribution in [-0.2, 0) is 14.3 Å². The van der Waals surface area contributed by atoms with Crippen molar-refractivity contribution >= 4 is 18.0 Å². The molecule has 122 valence electrons. The summed E-state index contributed by atoms with van der Waals surface area (Å²) in [6.45, 7) is 5.77. The average molecular weight is 302 g/mol. The number of amides is 2. The zero-order valence-electron chi connectivity index (χ0n) is 13.1. The highest BCUT2D eigenvalue weighted by atomic mass is 16.5. The van der Waals surface area contributed by atoms with Crippen LogP contribution in [0.3, 0.4) is 0 Å². The number of methoxy groups -OCH3 is 1. The summed E-state index contributed by atoms with van der Waals surface area (Å²) in [5.41, 5.74) is 0. The average Bonchev–Trinajstić information content (AvgIpc) is 2.40. The molecular weight excluding hydrogens is 276 g/mol. The van der Waals surface area contributed by atoms with Gasteiger partial charge in [-0.05, 0) is 18.8 Å². The van der Waals surface area contributed by atoms with Gasteiger partial charge in [0, 0.05) is 0 Å². The van der Waals surface area contributed by atoms with Crippen LogP contribution in [0.25, 0.3) is 0 Å². The molecule has 0 rings (SSSR count). The van der Waals surface area contributed by atoms with Gasteiger partial charge in [0.1, 0.15) is 12.1 Å². The Kier molecular flexibility index (Phi) is 9.16. The number of carbonyl (C=O) groups is 3. The summed E-state index contributed by atoms with van der Waals surface area (Å²) in [6, 6.07) is -2.41. The fourth-order valence-electron chi connectivity index (χ4n) is 1.85. The fourth-order valence-corrected chi connectivity index (χ4v) is 1.85. The Labute approximate surface area is 125 Å². The first-order valence-corrected chi connectivity index (χ1v) is 7.19. The van der Waals surface area contributed by atoms with E-state index >= 15 is 0 Å². The highest BCUT2D eigenvalue weighted by molar-refractivity contribution is 5.86. The van der Waals surface area contributed by atoms with Crippen molar-refractivity contribution in [1.29, 1.82) is 0 Å². The van der Waals surface area contributed by atoms with Gasteiger partial charge >= 0.3 is 18.0 Å². The Balaban J connectivity index is 4.58. The molecule has 0 saturated carbocycles. The number of hydrogen-bond acceptors (Lipinski definition) is 4. The fraction of sp³-hybridized carbons (Fsp3) is 0.786. The van der Waals surface area contributed by atoms with Gasteiger partial charge in [0.15, 0.2) is 0 Å². The summed E-state index contributed by atoms with van der Waals surface area (Å²) in [7, 11) is 1.25. The third-order valence-electron chi connectivity index (χ3n) is 2.95. The summed E-state index contributed by atoms with van der Waals surface area (Å²) >= 11 is 0. The maximum atomic E-state index is 11.8. The standard InChI is InChI=1S/C14H26N2O5/c1-5-6-7-10(12(17)18)15-14(20)16-11(8-9(2)3)13(19)21-4/h9-11H,5-8H2,1-4H3,(H,17,18)(H2,15,16,20). The molecule has 0 fully saturated rings. The molecule has 2 unspecified atom stereocenters. The van der Waals surface area contributed by atoms with Crippen LogP contribution < -0.4 is 10.6 Å². The molecule has 2 atom stereocenters. The predicted molar refractivity (Wildman–Crippen MR) is 77.9 cm³/mol. The van der Waals surface area contributed by atoms with E-state index in [1.807, 2.05) is 20.8 Å². The highest BCUT2D eigenvalue weighted by Crippen LogP contribution is 2.06. The Morgan fingerprint density at radius 1 is 1.14 bits per heavy atom. The first-order valence-electron chi connectivity index (χ1n) is 7.19. The van der Waals surface area contributed by atoms with Gasteiger partial charge < -0.3 is 20.5 Å². The summed E-state index contributed by atoms with van der Waals surface area (Å²) in [5.74, 6) is -1.44. The summed E-state index contributed by atoms with van der Waals surface area (Å²) in [4.78, 5) is 34.5. The molecule has 0 spiro atoms. The van der Waals surface area contributed by atoms with E-state index in [1.165, 1.54) is 7.11 Å². The number of carbonyl (C=O) groups excluding carboxylic acids is 2. The minimum Gasteiger partial charge on any atom is -0.480 e. The van der Waals surface area contributed by atoms with Gasteiger partial charge in [-0.25, -0.2) is 14.4 Å². The molecule has 0 bridgehead atoms. The first-order chi connectivity index (χ1) is 9.81. The van der Waals surface area contributed by atoms with Crippen LogP contribution in [0.15, 0.2) is 0 Å². The number of esters is 1. The van der Waals surface area contributed by atoms with Gasteiger partial charge in [0.25, 0.3) is 0 Å². The van der Waals surface area contributed by atoms with Crippen LogP contribution in [0.5, 0.6) is 0 Å². The van der Waals surface area contributed by atoms with Crippen molar-refractivity contribution < 1.29 is 24.2 Å². The van der Waals surface area contributed by atoms with Crippen molar-refractivity contribution in [2.24, 2.45) is 5.92 Å². The monoisotopic (exact) mass is 302 g/mol. The molecule has 0 aliphatic heterocycles. The zero-order chi connectivity index (χ0) is 16.4. The van der Waals surface area contributed by atoms with Crippen molar-refractivity contribution in [3.8, 4) is 0 Å². The largest absolute Gasteiger partial charge is 0.480 e. The Morgan fingerprint density at radius 2 is 1.71 bits per heavy atom. The molecule has 0 radical (unpaired) electrons. The van der Waals surface area contributed by atoms with E-state index in [2.05, 4.69) is 15.4 Å². The number of rotatable bonds is 9. The van der Waals surface area contributed by atoms with Crippen LogP contribution in [0, 0.1) is 5.92 Å². The molecule has 0 aromatic heterocycles. The number of nitrogens with one attached hydrogen (secondary N) is 2. The van der Waals surface area contributed by atoms with Gasteiger partial charge in [-0.1, -0.05) is 33.6 Å². The molecule has 3 N–H and O–H groups in total. The number of hydrogen-bond donors (Lipinski definition) is 3. The van der Waals surface area contributed by atoms with Gasteiger partial charge in [-0.3, -0.25) is 0 Å². The molecule has 0 saturated heterocycles. The molecule has 21 heavy (non-hydrogen) atoms. The second kappa shape index (κ2) is 10.0. The lowest BCUT2D eigenvalue weighted by molar-refractivity contribution is -0.143. The Hall–Kier alpha value is -1.79. The molecule has 0 aliphatic rings. The maximum absolute atomic E-state index is 11.8. The minimum absolute atomic E-state index is 0.185. The van der Waals surface area contributed by atoms with Crippen LogP contribution in [0.4, 0.5) is 4.79 Å². The normalized spacial score (nSPS) is 13.4. The maximum Gasteiger partial charge on any atom is 0.328 e. The minimum atomic E-state index is -1.09. The Morgan fingerprint density at radius 3 is 2.14 bits per heavy atom. The van der Waals surface area contributed by atoms with E-state index in [0.717, 1.165) is 6.42 Å². The first kappa shape index (κ1) is 19.2. The Bertz CT molecular complexity index is 357. The lowest BCUT2D eigenvalue weighted by Crippen LogP contribution is -2.51. The van der Waals surface area contributed by atoms with Crippen molar-refractivity contribution in [2.45, 2.75) is 58.5 Å². The second-order valence-electron chi connectivity index (χ2n) is 5.36. The van der Waals surface area contributed by atoms with Crippen molar-refractivity contribution in [3.05, 3.63) is 0 Å². The number of carboxylic acid groups (broad SMARTS) is 1. The van der Waals surface area contributed by atoms with E-state index in [-0.39, 0.29) is 5.92 Å². The molecule has 0 aromatic rings. The molecule has 0 aliphatic carbocycles. The molecule has 2 amide bonds. The number of urea groups is 1. The predicted octanol–water partition coefficient (Wildman–Crippen LogP) is 1.52. The molecule has 0 heterocycles. The van der Waals surface area contributed by atoms with Crippen molar-refractivity contribution in [2.75, 3.05) is 7.11 Å². The lowest BCUT2D eigenvalue weighted by Gasteiger charge is -2.20. The van der Waals surface area contributed by atoms with Crippen LogP contribution in [-0.4, -0.2) is 42.3 Å². The van der Waals surface area contributed by atoms with Crippen molar-refractivity contribution in [1.82, 2.24) is 10.6 Å². The van der Waals surface area contributed by atoms with Crippen LogP contribution in [0.2, 0.25) is 0 Å². The number of carboxylic acids is 1. The number of aliphatic carboxylic acids is 1. The third-order valence-corrected chi connectivity index (χ3v) is 2.95.